The first kappa shape index (κ1) is 41.3. The van der Waals surface area contributed by atoms with E-state index in [1.54, 1.807) is 0 Å². The number of hydrogen-bond donors (Lipinski definition) is 0. The van der Waals surface area contributed by atoms with E-state index in [2.05, 4.69) is 152 Å². The number of fused-ring (bicyclic) bond motifs is 2. The summed E-state index contributed by atoms with van der Waals surface area (Å²) < 4.78 is 0. The molecule has 0 saturated carbocycles. The van der Waals surface area contributed by atoms with E-state index in [1.165, 1.54) is 53.6 Å². The van der Waals surface area contributed by atoms with Gasteiger partial charge in [0.1, 0.15) is 11.0 Å². The first-order valence-electron chi connectivity index (χ1n) is 18.9. The third kappa shape index (κ3) is 10.8. The van der Waals surface area contributed by atoms with Crippen molar-refractivity contribution in [3.63, 3.8) is 0 Å². The Labute approximate surface area is 300 Å². The van der Waals surface area contributed by atoms with Gasteiger partial charge in [0.25, 0.3) is 0 Å². The van der Waals surface area contributed by atoms with Crippen LogP contribution in [0.25, 0.3) is 22.4 Å². The Bertz CT molecular complexity index is 1610. The highest BCUT2D eigenvalue weighted by Crippen LogP contribution is 2.43. The fourth-order valence-electron chi connectivity index (χ4n) is 5.63. The highest BCUT2D eigenvalue weighted by molar-refractivity contribution is 6.01. The van der Waals surface area contributed by atoms with Crippen molar-refractivity contribution >= 4 is 28.1 Å². The van der Waals surface area contributed by atoms with E-state index < -0.39 is 0 Å². The van der Waals surface area contributed by atoms with Crippen LogP contribution in [0.1, 0.15) is 138 Å². The third-order valence-corrected chi connectivity index (χ3v) is 8.92. The predicted octanol–water partition coefficient (Wildman–Crippen LogP) is 13.4. The highest BCUT2D eigenvalue weighted by Gasteiger charge is 2.29. The molecule has 6 rings (SSSR count). The predicted molar refractivity (Wildman–Crippen MR) is 218 cm³/mol. The summed E-state index contributed by atoms with van der Waals surface area (Å²) in [5.74, 6) is 0. The van der Waals surface area contributed by atoms with E-state index in [1.807, 2.05) is 32.5 Å². The van der Waals surface area contributed by atoms with Crippen LogP contribution in [-0.2, 0) is 10.8 Å². The van der Waals surface area contributed by atoms with Crippen molar-refractivity contribution in [1.82, 2.24) is 15.0 Å². The van der Waals surface area contributed by atoms with Gasteiger partial charge in [-0.1, -0.05) is 181 Å². The number of unbranched alkanes of at least 4 members (excludes halogenated alkanes) is 2. The van der Waals surface area contributed by atoms with E-state index in [0.717, 1.165) is 41.8 Å². The average Bonchev–Trinajstić information content (AvgIpc) is 3.57. The van der Waals surface area contributed by atoms with Gasteiger partial charge in [0.15, 0.2) is 0 Å². The van der Waals surface area contributed by atoms with Crippen LogP contribution in [0, 0.1) is 0 Å². The SMILES string of the molecule is C=C1c2cc3nn(C4=CCCC(C(C)(C)c5ccccc5)=C4)nc3cc2N1CCCC.CC.CC.CC(C)(C)c1ccccc1.CCCC. The Balaban J connectivity index is 0.000000385. The molecular weight excluding hydrogens is 597 g/mol. The number of rotatable bonds is 7. The van der Waals surface area contributed by atoms with Crippen molar-refractivity contribution in [1.29, 1.82) is 0 Å². The summed E-state index contributed by atoms with van der Waals surface area (Å²) in [5.41, 5.74) is 10.9. The first-order chi connectivity index (χ1) is 23.5. The molecule has 1 aliphatic carbocycles. The van der Waals surface area contributed by atoms with E-state index in [9.17, 15) is 0 Å². The highest BCUT2D eigenvalue weighted by atomic mass is 15.5. The van der Waals surface area contributed by atoms with Gasteiger partial charge in [-0.3, -0.25) is 0 Å². The molecule has 2 aliphatic rings. The normalized spacial score (nSPS) is 13.4. The summed E-state index contributed by atoms with van der Waals surface area (Å²) in [5, 5.41) is 9.65. The lowest BCUT2D eigenvalue weighted by molar-refractivity contribution is 0.588. The zero-order valence-corrected chi connectivity index (χ0v) is 33.0. The largest absolute Gasteiger partial charge is 0.341 e. The topological polar surface area (TPSA) is 34.0 Å². The maximum absolute atomic E-state index is 4.84. The van der Waals surface area contributed by atoms with Gasteiger partial charge in [0.2, 0.25) is 0 Å². The lowest BCUT2D eigenvalue weighted by Gasteiger charge is -2.38. The molecule has 0 N–H and O–H groups in total. The van der Waals surface area contributed by atoms with Crippen LogP contribution >= 0.6 is 0 Å². The molecule has 266 valence electrons. The molecule has 3 aromatic carbocycles. The van der Waals surface area contributed by atoms with Crippen LogP contribution < -0.4 is 4.90 Å². The lowest BCUT2D eigenvalue weighted by Crippen LogP contribution is -2.31. The maximum atomic E-state index is 4.84. The first-order valence-corrected chi connectivity index (χ1v) is 18.9. The Morgan fingerprint density at radius 2 is 1.24 bits per heavy atom. The quantitative estimate of drug-likeness (QED) is 0.197. The summed E-state index contributed by atoms with van der Waals surface area (Å²) in [6.07, 6.45) is 11.6. The van der Waals surface area contributed by atoms with Crippen molar-refractivity contribution in [3.05, 3.63) is 114 Å². The molecule has 1 aliphatic heterocycles. The molecule has 2 heterocycles. The summed E-state index contributed by atoms with van der Waals surface area (Å²) in [6, 6.07) is 25.6. The number of anilines is 1. The number of hydrogen-bond acceptors (Lipinski definition) is 3. The molecule has 1 aromatic heterocycles. The molecule has 4 nitrogen and oxygen atoms in total. The number of aromatic nitrogens is 3. The molecule has 0 fully saturated rings. The van der Waals surface area contributed by atoms with Gasteiger partial charge in [-0.05, 0) is 54.0 Å². The van der Waals surface area contributed by atoms with E-state index in [0.29, 0.717) is 5.41 Å². The van der Waals surface area contributed by atoms with Gasteiger partial charge in [-0.15, -0.1) is 10.2 Å². The fraction of sp³-hybridized carbons (Fsp3) is 0.467. The van der Waals surface area contributed by atoms with Gasteiger partial charge >= 0.3 is 0 Å². The molecule has 4 aromatic rings. The molecule has 0 saturated heterocycles. The van der Waals surface area contributed by atoms with E-state index >= 15 is 0 Å². The second kappa shape index (κ2) is 19.9. The Morgan fingerprint density at radius 1 is 0.714 bits per heavy atom. The minimum atomic E-state index is -0.0197. The Morgan fingerprint density at radius 3 is 1.73 bits per heavy atom. The molecule has 0 spiro atoms. The molecule has 4 heteroatoms. The summed E-state index contributed by atoms with van der Waals surface area (Å²) >= 11 is 0. The number of nitrogens with zero attached hydrogens (tertiary/aromatic N) is 4. The number of benzene rings is 3. The summed E-state index contributed by atoms with van der Waals surface area (Å²) in [7, 11) is 0. The summed E-state index contributed by atoms with van der Waals surface area (Å²) in [4.78, 5) is 4.11. The van der Waals surface area contributed by atoms with Gasteiger partial charge in [0.05, 0.1) is 11.4 Å². The van der Waals surface area contributed by atoms with Gasteiger partial charge in [-0.2, -0.15) is 4.80 Å². The minimum Gasteiger partial charge on any atom is -0.341 e. The standard InChI is InChI=1S/C27H30N4.C10H14.C4H10.2C2H6/c1-5-6-15-30-19(2)23-17-24-25(18-26(23)30)29-31(28-24)22-14-10-13-21(16-22)27(3,4)20-11-8-7-9-12-20;1-10(2,3)9-7-5-4-6-8-9;1-3-4-2;2*1-2/h7-9,11-12,14,16-18H,2,5-6,10,13,15H2,1,3-4H3;4-8H,1-3H3;3-4H2,1-2H3;2*1-2H3. The fourth-order valence-corrected chi connectivity index (χ4v) is 5.63. The molecule has 0 bridgehead atoms. The van der Waals surface area contributed by atoms with Crippen LogP contribution in [0.15, 0.2) is 97.1 Å². The van der Waals surface area contributed by atoms with E-state index in [-0.39, 0.29) is 5.41 Å². The third-order valence-electron chi connectivity index (χ3n) is 8.92. The minimum absolute atomic E-state index is 0.0197. The van der Waals surface area contributed by atoms with Gasteiger partial charge < -0.3 is 4.90 Å². The maximum Gasteiger partial charge on any atom is 0.115 e. The van der Waals surface area contributed by atoms with Crippen LogP contribution in [0.3, 0.4) is 0 Å². The smallest absolute Gasteiger partial charge is 0.115 e. The molecule has 0 atom stereocenters. The lowest BCUT2D eigenvalue weighted by atomic mass is 9.74. The van der Waals surface area contributed by atoms with E-state index in [4.69, 9.17) is 10.2 Å². The van der Waals surface area contributed by atoms with Crippen LogP contribution in [0.2, 0.25) is 0 Å². The van der Waals surface area contributed by atoms with Gasteiger partial charge in [-0.25, -0.2) is 0 Å². The molecular formula is C45H66N4. The monoisotopic (exact) mass is 663 g/mol. The van der Waals surface area contributed by atoms with Crippen molar-refractivity contribution < 1.29 is 0 Å². The van der Waals surface area contributed by atoms with Gasteiger partial charge in [0, 0.05) is 23.2 Å². The number of allylic oxidation sites excluding steroid dienone is 4. The molecule has 0 amide bonds. The van der Waals surface area contributed by atoms with Crippen molar-refractivity contribution in [3.8, 4) is 0 Å². The Kier molecular flexibility index (Phi) is 16.8. The molecule has 0 unspecified atom stereocenters. The van der Waals surface area contributed by atoms with Crippen molar-refractivity contribution in [2.75, 3.05) is 11.4 Å². The van der Waals surface area contributed by atoms with Crippen LogP contribution in [0.4, 0.5) is 5.69 Å². The van der Waals surface area contributed by atoms with Crippen LogP contribution in [0.5, 0.6) is 0 Å². The van der Waals surface area contributed by atoms with Crippen LogP contribution in [-0.4, -0.2) is 21.5 Å². The Hall–Kier alpha value is -3.92. The second-order valence-electron chi connectivity index (χ2n) is 13.7. The van der Waals surface area contributed by atoms with Crippen molar-refractivity contribution in [2.45, 2.75) is 132 Å². The second-order valence-corrected chi connectivity index (χ2v) is 13.7. The summed E-state index contributed by atoms with van der Waals surface area (Å²) in [6.45, 7) is 31.1. The zero-order chi connectivity index (χ0) is 36.6. The zero-order valence-electron chi connectivity index (χ0n) is 33.0. The molecule has 0 radical (unpaired) electrons. The average molecular weight is 663 g/mol. The molecule has 49 heavy (non-hydrogen) atoms. The van der Waals surface area contributed by atoms with Crippen molar-refractivity contribution in [2.24, 2.45) is 0 Å².